The molecule has 2 rings (SSSR count). The van der Waals surface area contributed by atoms with Crippen LogP contribution in [-0.2, 0) is 14.8 Å². The maximum atomic E-state index is 12.8. The number of rotatable bonds is 7. The first-order valence-electron chi connectivity index (χ1n) is 8.80. The Labute approximate surface area is 145 Å². The minimum atomic E-state index is -3.46. The average Bonchev–Trinajstić information content (AvgIpc) is 2.59. The average molecular weight is 353 g/mol. The van der Waals surface area contributed by atoms with Crippen molar-refractivity contribution in [1.29, 1.82) is 0 Å². The minimum absolute atomic E-state index is 0.0686. The van der Waals surface area contributed by atoms with Gasteiger partial charge in [-0.15, -0.1) is 0 Å². The molecule has 0 bridgehead atoms. The molecular weight excluding hydrogens is 324 g/mol. The molecule has 1 fully saturated rings. The van der Waals surface area contributed by atoms with Gasteiger partial charge in [-0.3, -0.25) is 4.79 Å². The monoisotopic (exact) mass is 352 g/mol. The summed E-state index contributed by atoms with van der Waals surface area (Å²) in [5, 5.41) is 2.97. The zero-order valence-electron chi connectivity index (χ0n) is 14.6. The van der Waals surface area contributed by atoms with Gasteiger partial charge < -0.3 is 5.32 Å². The highest BCUT2D eigenvalue weighted by Crippen LogP contribution is 2.25. The van der Waals surface area contributed by atoms with Crippen molar-refractivity contribution in [2.75, 3.05) is 19.6 Å². The lowest BCUT2D eigenvalue weighted by atomic mass is 9.97. The number of carbonyl (C=O) groups is 1. The highest BCUT2D eigenvalue weighted by Gasteiger charge is 2.32. The fourth-order valence-corrected chi connectivity index (χ4v) is 4.77. The van der Waals surface area contributed by atoms with Crippen molar-refractivity contribution in [2.24, 2.45) is 5.92 Å². The van der Waals surface area contributed by atoms with Gasteiger partial charge in [-0.2, -0.15) is 4.31 Å². The Bertz CT molecular complexity index is 650. The minimum Gasteiger partial charge on any atom is -0.356 e. The van der Waals surface area contributed by atoms with Gasteiger partial charge in [-0.25, -0.2) is 8.42 Å². The van der Waals surface area contributed by atoms with Crippen molar-refractivity contribution in [1.82, 2.24) is 9.62 Å². The summed E-state index contributed by atoms with van der Waals surface area (Å²) in [5.41, 5.74) is 0.758. The van der Waals surface area contributed by atoms with Crippen LogP contribution in [0.15, 0.2) is 29.2 Å². The van der Waals surface area contributed by atoms with Crippen LogP contribution in [0.3, 0.4) is 0 Å². The molecule has 1 aliphatic rings. The molecule has 0 spiro atoms. The fourth-order valence-electron chi connectivity index (χ4n) is 3.07. The molecular formula is C18H28N2O3S. The van der Waals surface area contributed by atoms with Crippen LogP contribution in [0.4, 0.5) is 0 Å². The van der Waals surface area contributed by atoms with Crippen LogP contribution in [0, 0.1) is 12.8 Å². The van der Waals surface area contributed by atoms with E-state index >= 15 is 0 Å². The Morgan fingerprint density at radius 3 is 2.50 bits per heavy atom. The summed E-state index contributed by atoms with van der Waals surface area (Å²) < 4.78 is 27.0. The molecule has 1 N–H and O–H groups in total. The zero-order valence-corrected chi connectivity index (χ0v) is 15.4. The zero-order chi connectivity index (χ0) is 17.6. The fraction of sp³-hybridized carbons (Fsp3) is 0.611. The van der Waals surface area contributed by atoms with E-state index in [1.54, 1.807) is 12.1 Å². The Hall–Kier alpha value is -1.40. The van der Waals surface area contributed by atoms with E-state index in [-0.39, 0.29) is 11.8 Å². The first kappa shape index (κ1) is 18.9. The molecule has 5 nitrogen and oxygen atoms in total. The van der Waals surface area contributed by atoms with Crippen molar-refractivity contribution < 1.29 is 13.2 Å². The van der Waals surface area contributed by atoms with Gasteiger partial charge >= 0.3 is 0 Å². The van der Waals surface area contributed by atoms with E-state index in [9.17, 15) is 13.2 Å². The third kappa shape index (κ3) is 4.57. The largest absolute Gasteiger partial charge is 0.356 e. The number of unbranched alkanes of at least 4 members (excludes halogenated alkanes) is 2. The highest BCUT2D eigenvalue weighted by molar-refractivity contribution is 7.89. The number of nitrogens with one attached hydrogen (secondary N) is 1. The second kappa shape index (κ2) is 8.62. The van der Waals surface area contributed by atoms with Crippen LogP contribution in [0.2, 0.25) is 0 Å². The van der Waals surface area contributed by atoms with Crippen LogP contribution < -0.4 is 5.32 Å². The van der Waals surface area contributed by atoms with E-state index in [4.69, 9.17) is 0 Å². The summed E-state index contributed by atoms with van der Waals surface area (Å²) in [6.45, 7) is 5.47. The molecule has 134 valence electrons. The third-order valence-electron chi connectivity index (χ3n) is 4.62. The number of amides is 1. The van der Waals surface area contributed by atoms with Crippen molar-refractivity contribution in [3.8, 4) is 0 Å². The number of carbonyl (C=O) groups excluding carboxylic acids is 1. The van der Waals surface area contributed by atoms with Gasteiger partial charge in [0, 0.05) is 25.6 Å². The molecule has 0 aliphatic carbocycles. The van der Waals surface area contributed by atoms with Gasteiger partial charge in [0.1, 0.15) is 0 Å². The number of benzene rings is 1. The number of piperidine rings is 1. The van der Waals surface area contributed by atoms with E-state index in [0.717, 1.165) is 24.8 Å². The molecule has 0 saturated carbocycles. The van der Waals surface area contributed by atoms with Gasteiger partial charge in [0.05, 0.1) is 4.90 Å². The Kier molecular flexibility index (Phi) is 6.80. The molecule has 1 saturated heterocycles. The number of hydrogen-bond acceptors (Lipinski definition) is 3. The lowest BCUT2D eigenvalue weighted by Crippen LogP contribution is -2.43. The Morgan fingerprint density at radius 2 is 1.88 bits per heavy atom. The molecule has 0 aromatic heterocycles. The summed E-state index contributed by atoms with van der Waals surface area (Å²) in [5.74, 6) is -0.00557. The summed E-state index contributed by atoms with van der Waals surface area (Å²) in [4.78, 5) is 12.5. The maximum Gasteiger partial charge on any atom is 0.243 e. The smallest absolute Gasteiger partial charge is 0.243 e. The van der Waals surface area contributed by atoms with Gasteiger partial charge in [0.25, 0.3) is 0 Å². The number of aryl methyl sites for hydroxylation is 1. The van der Waals surface area contributed by atoms with Gasteiger partial charge in [-0.1, -0.05) is 38.0 Å². The highest BCUT2D eigenvalue weighted by atomic mass is 32.2. The predicted octanol–water partition coefficient (Wildman–Crippen LogP) is 2.70. The molecule has 1 aliphatic heterocycles. The van der Waals surface area contributed by atoms with E-state index in [1.165, 1.54) is 4.31 Å². The van der Waals surface area contributed by atoms with Gasteiger partial charge in [0.2, 0.25) is 15.9 Å². The van der Waals surface area contributed by atoms with Crippen LogP contribution in [0.5, 0.6) is 0 Å². The molecule has 0 atom stereocenters. The second-order valence-electron chi connectivity index (χ2n) is 6.44. The third-order valence-corrected chi connectivity index (χ3v) is 6.67. The summed E-state index contributed by atoms with van der Waals surface area (Å²) in [6.07, 6.45) is 4.43. The quantitative estimate of drug-likeness (QED) is 0.767. The van der Waals surface area contributed by atoms with E-state index < -0.39 is 10.0 Å². The summed E-state index contributed by atoms with van der Waals surface area (Å²) in [6, 6.07) is 7.04. The van der Waals surface area contributed by atoms with Crippen LogP contribution >= 0.6 is 0 Å². The molecule has 24 heavy (non-hydrogen) atoms. The number of hydrogen-bond donors (Lipinski definition) is 1. The van der Waals surface area contributed by atoms with Crippen LogP contribution in [0.1, 0.15) is 44.6 Å². The number of sulfonamides is 1. The van der Waals surface area contributed by atoms with Crippen molar-refractivity contribution in [3.63, 3.8) is 0 Å². The van der Waals surface area contributed by atoms with Gasteiger partial charge in [0.15, 0.2) is 0 Å². The Morgan fingerprint density at radius 1 is 1.21 bits per heavy atom. The standard InChI is InChI=1S/C18H28N2O3S/c1-3-4-7-12-19-18(21)16-10-13-20(14-11-16)24(22,23)17-9-6-5-8-15(17)2/h5-6,8-9,16H,3-4,7,10-14H2,1-2H3,(H,19,21). The SMILES string of the molecule is CCCCCNC(=O)C1CCN(S(=O)(=O)c2ccccc2C)CC1. The molecule has 0 radical (unpaired) electrons. The first-order valence-corrected chi connectivity index (χ1v) is 10.2. The molecule has 1 aromatic carbocycles. The molecule has 6 heteroatoms. The van der Waals surface area contributed by atoms with E-state index in [0.29, 0.717) is 37.4 Å². The van der Waals surface area contributed by atoms with Crippen molar-refractivity contribution >= 4 is 15.9 Å². The van der Waals surface area contributed by atoms with Crippen molar-refractivity contribution in [2.45, 2.75) is 50.8 Å². The molecule has 0 unspecified atom stereocenters. The predicted molar refractivity (Wildman–Crippen MR) is 95.2 cm³/mol. The van der Waals surface area contributed by atoms with Crippen LogP contribution in [-0.4, -0.2) is 38.3 Å². The van der Waals surface area contributed by atoms with E-state index in [2.05, 4.69) is 12.2 Å². The number of nitrogens with zero attached hydrogens (tertiary/aromatic N) is 1. The summed E-state index contributed by atoms with van der Waals surface area (Å²) in [7, 11) is -3.46. The van der Waals surface area contributed by atoms with Gasteiger partial charge in [-0.05, 0) is 37.8 Å². The molecule has 1 aromatic rings. The normalized spacial score (nSPS) is 16.9. The topological polar surface area (TPSA) is 66.5 Å². The molecule has 1 amide bonds. The molecule has 1 heterocycles. The van der Waals surface area contributed by atoms with Crippen molar-refractivity contribution in [3.05, 3.63) is 29.8 Å². The van der Waals surface area contributed by atoms with Crippen LogP contribution in [0.25, 0.3) is 0 Å². The maximum absolute atomic E-state index is 12.8. The lowest BCUT2D eigenvalue weighted by Gasteiger charge is -2.31. The second-order valence-corrected chi connectivity index (χ2v) is 8.35. The first-order chi connectivity index (χ1) is 11.5. The Balaban J connectivity index is 1.90. The summed E-state index contributed by atoms with van der Waals surface area (Å²) >= 11 is 0. The van der Waals surface area contributed by atoms with E-state index in [1.807, 2.05) is 19.1 Å². The lowest BCUT2D eigenvalue weighted by molar-refractivity contribution is -0.126.